The van der Waals surface area contributed by atoms with E-state index in [2.05, 4.69) is 15.6 Å². The van der Waals surface area contributed by atoms with Crippen LogP contribution in [0.1, 0.15) is 16.8 Å². The van der Waals surface area contributed by atoms with Crippen molar-refractivity contribution in [3.63, 3.8) is 0 Å². The molecule has 0 spiro atoms. The molecule has 0 unspecified atom stereocenters. The van der Waals surface area contributed by atoms with E-state index in [0.29, 0.717) is 13.0 Å². The van der Waals surface area contributed by atoms with Gasteiger partial charge < -0.3 is 10.6 Å². The Bertz CT molecular complexity index is 968. The maximum Gasteiger partial charge on any atom is 0.416 e. The zero-order chi connectivity index (χ0) is 20.9. The van der Waals surface area contributed by atoms with Crippen molar-refractivity contribution < 1.29 is 18.0 Å². The van der Waals surface area contributed by atoms with Crippen LogP contribution in [0.5, 0.6) is 0 Å². The van der Waals surface area contributed by atoms with Crippen molar-refractivity contribution in [3.05, 3.63) is 70.7 Å². The van der Waals surface area contributed by atoms with Gasteiger partial charge in [0.25, 0.3) is 0 Å². The zero-order valence-electron chi connectivity index (χ0n) is 15.7. The number of hydrogen-bond donors (Lipinski definition) is 2. The molecule has 0 aliphatic rings. The molecule has 4 nitrogen and oxygen atoms in total. The van der Waals surface area contributed by atoms with E-state index in [9.17, 15) is 18.0 Å². The van der Waals surface area contributed by atoms with Crippen LogP contribution >= 0.6 is 11.3 Å². The molecule has 2 N–H and O–H groups in total. The van der Waals surface area contributed by atoms with Crippen LogP contribution in [0, 0.1) is 6.92 Å². The van der Waals surface area contributed by atoms with Gasteiger partial charge in [-0.15, -0.1) is 11.3 Å². The first-order chi connectivity index (χ1) is 13.8. The average Bonchev–Trinajstić information content (AvgIpc) is 3.15. The van der Waals surface area contributed by atoms with E-state index in [4.69, 9.17) is 0 Å². The van der Waals surface area contributed by atoms with Gasteiger partial charge in [0, 0.05) is 29.6 Å². The molecule has 0 saturated heterocycles. The second-order valence-electron chi connectivity index (χ2n) is 6.54. The summed E-state index contributed by atoms with van der Waals surface area (Å²) < 4.78 is 38.1. The van der Waals surface area contributed by atoms with Gasteiger partial charge in [-0.3, -0.25) is 4.79 Å². The van der Waals surface area contributed by atoms with Crippen molar-refractivity contribution in [1.82, 2.24) is 10.3 Å². The first kappa shape index (κ1) is 20.9. The van der Waals surface area contributed by atoms with Crippen LogP contribution in [0.3, 0.4) is 0 Å². The highest BCUT2D eigenvalue weighted by Crippen LogP contribution is 2.30. The third-order valence-corrected chi connectivity index (χ3v) is 5.14. The van der Waals surface area contributed by atoms with Gasteiger partial charge in [-0.05, 0) is 25.1 Å². The van der Waals surface area contributed by atoms with Gasteiger partial charge in [-0.1, -0.05) is 35.9 Å². The lowest BCUT2D eigenvalue weighted by Crippen LogP contribution is -2.31. The van der Waals surface area contributed by atoms with Gasteiger partial charge in [-0.25, -0.2) is 4.98 Å². The molecule has 0 aliphatic carbocycles. The van der Waals surface area contributed by atoms with Gasteiger partial charge in [0.2, 0.25) is 5.91 Å². The molecule has 1 aromatic heterocycles. The summed E-state index contributed by atoms with van der Waals surface area (Å²) in [6.45, 7) is 2.33. The highest BCUT2D eigenvalue weighted by atomic mass is 32.1. The van der Waals surface area contributed by atoms with Crippen molar-refractivity contribution in [2.45, 2.75) is 19.5 Å². The standard InChI is InChI=1S/C21H20F3N3OS/c1-14-5-7-15(8-6-14)20-27-18(13-29-20)9-10-25-19(28)12-26-17-4-2-3-16(11-17)21(22,23)24/h2-8,11,13,26H,9-10,12H2,1H3,(H,25,28). The van der Waals surface area contributed by atoms with Crippen molar-refractivity contribution in [1.29, 1.82) is 0 Å². The zero-order valence-corrected chi connectivity index (χ0v) is 16.5. The maximum absolute atomic E-state index is 12.7. The molecule has 8 heteroatoms. The number of aryl methyl sites for hydroxylation is 1. The molecule has 0 saturated carbocycles. The van der Waals surface area contributed by atoms with E-state index in [1.165, 1.54) is 17.7 Å². The molecule has 152 valence electrons. The first-order valence-electron chi connectivity index (χ1n) is 9.00. The minimum Gasteiger partial charge on any atom is -0.376 e. The molecule has 2 aromatic carbocycles. The number of hydrogen-bond acceptors (Lipinski definition) is 4. The number of alkyl halides is 3. The van der Waals surface area contributed by atoms with Crippen LogP contribution in [0.25, 0.3) is 10.6 Å². The van der Waals surface area contributed by atoms with E-state index >= 15 is 0 Å². The highest BCUT2D eigenvalue weighted by molar-refractivity contribution is 7.13. The topological polar surface area (TPSA) is 54.0 Å². The second kappa shape index (κ2) is 9.09. The van der Waals surface area contributed by atoms with Crippen molar-refractivity contribution >= 4 is 22.9 Å². The van der Waals surface area contributed by atoms with Gasteiger partial charge >= 0.3 is 6.18 Å². The van der Waals surface area contributed by atoms with Gasteiger partial charge in [0.05, 0.1) is 17.8 Å². The molecule has 3 aromatic rings. The van der Waals surface area contributed by atoms with Crippen molar-refractivity contribution in [2.24, 2.45) is 0 Å². The Morgan fingerprint density at radius 3 is 2.62 bits per heavy atom. The van der Waals surface area contributed by atoms with Crippen LogP contribution in [-0.4, -0.2) is 24.0 Å². The molecular formula is C21H20F3N3OS. The molecule has 29 heavy (non-hydrogen) atoms. The van der Waals surface area contributed by atoms with Crippen molar-refractivity contribution in [2.75, 3.05) is 18.4 Å². The van der Waals surface area contributed by atoms with Gasteiger partial charge in [0.1, 0.15) is 5.01 Å². The van der Waals surface area contributed by atoms with Gasteiger partial charge in [0.15, 0.2) is 0 Å². The Hall–Kier alpha value is -2.87. The largest absolute Gasteiger partial charge is 0.416 e. The summed E-state index contributed by atoms with van der Waals surface area (Å²) in [6, 6.07) is 12.9. The Morgan fingerprint density at radius 2 is 1.90 bits per heavy atom. The number of thiazole rings is 1. The lowest BCUT2D eigenvalue weighted by molar-refractivity contribution is -0.137. The fraction of sp³-hybridized carbons (Fsp3) is 0.238. The molecule has 0 aliphatic heterocycles. The molecule has 0 atom stereocenters. The Kier molecular flexibility index (Phi) is 6.53. The minimum absolute atomic E-state index is 0.104. The monoisotopic (exact) mass is 419 g/mol. The number of nitrogens with one attached hydrogen (secondary N) is 2. The summed E-state index contributed by atoms with van der Waals surface area (Å²) in [5, 5.41) is 8.34. The third-order valence-electron chi connectivity index (χ3n) is 4.20. The van der Waals surface area contributed by atoms with Crippen LogP contribution in [0.2, 0.25) is 0 Å². The lowest BCUT2D eigenvalue weighted by atomic mass is 10.2. The summed E-state index contributed by atoms with van der Waals surface area (Å²) in [6.07, 6.45) is -3.83. The molecule has 0 fully saturated rings. The number of nitrogens with zero attached hydrogens (tertiary/aromatic N) is 1. The van der Waals surface area contributed by atoms with Crippen molar-refractivity contribution in [3.8, 4) is 10.6 Å². The van der Waals surface area contributed by atoms with Crippen LogP contribution in [-0.2, 0) is 17.4 Å². The average molecular weight is 419 g/mol. The smallest absolute Gasteiger partial charge is 0.376 e. The maximum atomic E-state index is 12.7. The summed E-state index contributed by atoms with van der Waals surface area (Å²) >= 11 is 1.55. The SMILES string of the molecule is Cc1ccc(-c2nc(CCNC(=O)CNc3cccc(C(F)(F)F)c3)cs2)cc1. The Balaban J connectivity index is 1.44. The van der Waals surface area contributed by atoms with Crippen LogP contribution in [0.4, 0.5) is 18.9 Å². The molecular weight excluding hydrogens is 399 g/mol. The predicted octanol–water partition coefficient (Wildman–Crippen LogP) is 4.91. The normalized spacial score (nSPS) is 11.3. The predicted molar refractivity (Wildman–Crippen MR) is 109 cm³/mol. The van der Waals surface area contributed by atoms with Gasteiger partial charge in [-0.2, -0.15) is 13.2 Å². The summed E-state index contributed by atoms with van der Waals surface area (Å²) in [7, 11) is 0. The number of rotatable bonds is 7. The first-order valence-corrected chi connectivity index (χ1v) is 9.88. The molecule has 0 radical (unpaired) electrons. The number of halogens is 3. The number of carbonyl (C=O) groups is 1. The number of aromatic nitrogens is 1. The third kappa shape index (κ3) is 6.05. The quantitative estimate of drug-likeness (QED) is 0.572. The summed E-state index contributed by atoms with van der Waals surface area (Å²) in [5.41, 5.74) is 2.62. The molecule has 0 bridgehead atoms. The van der Waals surface area contributed by atoms with E-state index in [0.717, 1.165) is 28.4 Å². The minimum atomic E-state index is -4.41. The Labute approximate surface area is 170 Å². The second-order valence-corrected chi connectivity index (χ2v) is 7.40. The number of benzene rings is 2. The van der Waals surface area contributed by atoms with E-state index in [-0.39, 0.29) is 18.1 Å². The fourth-order valence-electron chi connectivity index (χ4n) is 2.63. The lowest BCUT2D eigenvalue weighted by Gasteiger charge is -2.10. The van der Waals surface area contributed by atoms with E-state index < -0.39 is 11.7 Å². The number of amides is 1. The van der Waals surface area contributed by atoms with Crippen LogP contribution in [0.15, 0.2) is 53.9 Å². The summed E-state index contributed by atoms with van der Waals surface area (Å²) in [4.78, 5) is 16.5. The summed E-state index contributed by atoms with van der Waals surface area (Å²) in [5.74, 6) is -0.295. The number of carbonyl (C=O) groups excluding carboxylic acids is 1. The fourth-order valence-corrected chi connectivity index (χ4v) is 3.49. The molecule has 3 rings (SSSR count). The number of anilines is 1. The highest BCUT2D eigenvalue weighted by Gasteiger charge is 2.30. The van der Waals surface area contributed by atoms with Crippen LogP contribution < -0.4 is 10.6 Å². The van der Waals surface area contributed by atoms with E-state index in [1.54, 1.807) is 11.3 Å². The molecule has 1 amide bonds. The molecule has 1 heterocycles. The Morgan fingerprint density at radius 1 is 1.14 bits per heavy atom. The van der Waals surface area contributed by atoms with E-state index in [1.807, 2.05) is 36.6 Å².